The van der Waals surface area contributed by atoms with Gasteiger partial charge in [0.05, 0.1) is 30.6 Å². The van der Waals surface area contributed by atoms with Crippen LogP contribution >= 0.6 is 15.9 Å². The van der Waals surface area contributed by atoms with Gasteiger partial charge in [-0.1, -0.05) is 28.1 Å². The molecule has 3 aliphatic heterocycles. The van der Waals surface area contributed by atoms with Gasteiger partial charge in [-0.05, 0) is 51.5 Å². The molecule has 3 aliphatic rings. The Kier molecular flexibility index (Phi) is 9.11. The summed E-state index contributed by atoms with van der Waals surface area (Å²) in [5.74, 6) is -2.44. The average Bonchev–Trinajstić information content (AvgIpc) is 3.55. The maximum atomic E-state index is 14.6. The fourth-order valence-corrected chi connectivity index (χ4v) is 7.70. The van der Waals surface area contributed by atoms with Crippen LogP contribution in [0.25, 0.3) is 0 Å². The number of aliphatic hydroxyl groups excluding tert-OH is 1. The molecule has 3 fully saturated rings. The molecule has 3 saturated heterocycles. The number of ether oxygens (including phenoxy) is 1. The Morgan fingerprint density at radius 2 is 1.75 bits per heavy atom. The minimum atomic E-state index is -1.20. The highest BCUT2D eigenvalue weighted by molar-refractivity contribution is 9.09. The Hall–Kier alpha value is -2.69. The van der Waals surface area contributed by atoms with Crippen molar-refractivity contribution in [3.8, 4) is 0 Å². The zero-order valence-electron chi connectivity index (χ0n) is 23.8. The van der Waals surface area contributed by atoms with Crippen molar-refractivity contribution in [2.45, 2.75) is 55.8 Å². The molecule has 3 amide bonds. The predicted molar refractivity (Wildman–Crippen MR) is 159 cm³/mol. The number of amides is 3. The molecule has 3 heterocycles. The smallest absolute Gasteiger partial charge is 0.253 e. The van der Waals surface area contributed by atoms with Crippen LogP contribution in [0.5, 0.6) is 0 Å². The number of benzene rings is 1. The lowest BCUT2D eigenvalue weighted by molar-refractivity contribution is -0.146. The largest absolute Gasteiger partial charge is 0.394 e. The van der Waals surface area contributed by atoms with Crippen LogP contribution in [-0.2, 0) is 19.1 Å². The van der Waals surface area contributed by atoms with Crippen molar-refractivity contribution in [2.75, 3.05) is 49.6 Å². The number of likely N-dealkylation sites (N-methyl/N-ethyl adjacent to an activating group) is 1. The molecule has 4 rings (SSSR count). The van der Waals surface area contributed by atoms with Crippen LogP contribution in [0.1, 0.15) is 27.2 Å². The van der Waals surface area contributed by atoms with E-state index >= 15 is 0 Å². The van der Waals surface area contributed by atoms with Crippen LogP contribution in [-0.4, -0.2) is 101 Å². The molecular formula is C30H41BrN4O5. The number of fused-ring (bicyclic) bond motifs is 1. The number of carbonyl (C=O) groups is 3. The molecule has 0 saturated carbocycles. The number of aliphatic hydroxyl groups is 1. The van der Waals surface area contributed by atoms with E-state index in [9.17, 15) is 19.5 Å². The third-order valence-electron chi connectivity index (χ3n) is 8.63. The third kappa shape index (κ3) is 4.77. The number of alkyl halides is 1. The first kappa shape index (κ1) is 30.3. The van der Waals surface area contributed by atoms with Gasteiger partial charge in [0, 0.05) is 49.4 Å². The molecule has 1 aromatic rings. The van der Waals surface area contributed by atoms with E-state index in [4.69, 9.17) is 4.74 Å². The number of halogens is 1. The first-order chi connectivity index (χ1) is 19.1. The molecule has 1 spiro atoms. The molecule has 3 unspecified atom stereocenters. The number of hydrogen-bond acceptors (Lipinski definition) is 6. The summed E-state index contributed by atoms with van der Waals surface area (Å²) in [5.41, 5.74) is 0.521. The van der Waals surface area contributed by atoms with Crippen molar-refractivity contribution in [1.29, 1.82) is 0 Å². The van der Waals surface area contributed by atoms with Gasteiger partial charge in [0.2, 0.25) is 11.8 Å². The van der Waals surface area contributed by atoms with E-state index in [1.807, 2.05) is 24.3 Å². The highest BCUT2D eigenvalue weighted by atomic mass is 79.9. The first-order valence-electron chi connectivity index (χ1n) is 14.0. The molecule has 0 aromatic heterocycles. The summed E-state index contributed by atoms with van der Waals surface area (Å²) in [5, 5.41) is 10.1. The Morgan fingerprint density at radius 1 is 1.15 bits per heavy atom. The van der Waals surface area contributed by atoms with Crippen LogP contribution in [0.4, 0.5) is 11.4 Å². The fourth-order valence-electron chi connectivity index (χ4n) is 6.76. The molecule has 2 bridgehead atoms. The molecule has 218 valence electrons. The summed E-state index contributed by atoms with van der Waals surface area (Å²) in [6.07, 6.45) is 3.14. The summed E-state index contributed by atoms with van der Waals surface area (Å²) < 4.78 is 6.59. The van der Waals surface area contributed by atoms with E-state index < -0.39 is 35.6 Å². The highest BCUT2D eigenvalue weighted by Gasteiger charge is 2.77. The van der Waals surface area contributed by atoms with Gasteiger partial charge in [0.15, 0.2) is 0 Å². The summed E-state index contributed by atoms with van der Waals surface area (Å²) >= 11 is 3.70. The zero-order chi connectivity index (χ0) is 29.4. The molecule has 10 heteroatoms. The lowest BCUT2D eigenvalue weighted by atomic mass is 9.70. The molecular weight excluding hydrogens is 576 g/mol. The SMILES string of the molecule is C=CCN(C)C(=O)[C@H]1[C@H]2C(=O)N([C@H](C)CO)C(C(=O)N(CC=C)c3ccc(N(CC)CC)cc3)C23CC(Br)[C@@H]1O3. The lowest BCUT2D eigenvalue weighted by Crippen LogP contribution is -2.58. The van der Waals surface area contributed by atoms with Gasteiger partial charge in [0.1, 0.15) is 11.6 Å². The highest BCUT2D eigenvalue weighted by Crippen LogP contribution is 2.60. The maximum absolute atomic E-state index is 14.6. The minimum Gasteiger partial charge on any atom is -0.394 e. The van der Waals surface area contributed by atoms with Gasteiger partial charge in [0.25, 0.3) is 5.91 Å². The Balaban J connectivity index is 1.77. The van der Waals surface area contributed by atoms with E-state index in [1.54, 1.807) is 35.9 Å². The topological polar surface area (TPSA) is 93.6 Å². The van der Waals surface area contributed by atoms with Crippen molar-refractivity contribution in [1.82, 2.24) is 9.80 Å². The number of likely N-dealkylation sites (tertiary alicyclic amines) is 1. The van der Waals surface area contributed by atoms with Crippen LogP contribution in [0.2, 0.25) is 0 Å². The number of nitrogens with zero attached hydrogens (tertiary/aromatic N) is 4. The zero-order valence-corrected chi connectivity index (χ0v) is 25.4. The molecule has 40 heavy (non-hydrogen) atoms. The standard InChI is InChI=1S/C30H41BrN4O5/c1-7-15-32(6)27(37)23-24-28(38)35(19(5)18-36)26(30(24)17-22(31)25(23)40-30)29(39)34(16-8-2)21-13-11-20(12-14-21)33(9-3)10-4/h7-8,11-14,19,22-26,36H,1-2,9-10,15-18H2,3-6H3/t19-,22?,23+,24+,25+,26?,30?/m1/s1. The monoisotopic (exact) mass is 616 g/mol. The fraction of sp³-hybridized carbons (Fsp3) is 0.567. The van der Waals surface area contributed by atoms with Gasteiger partial charge >= 0.3 is 0 Å². The van der Waals surface area contributed by atoms with Gasteiger partial charge < -0.3 is 29.4 Å². The number of carbonyl (C=O) groups excluding carboxylic acids is 3. The van der Waals surface area contributed by atoms with Gasteiger partial charge in [-0.15, -0.1) is 13.2 Å². The number of anilines is 2. The second kappa shape index (κ2) is 12.0. The normalized spacial score (nSPS) is 29.2. The van der Waals surface area contributed by atoms with Crippen molar-refractivity contribution in [2.24, 2.45) is 11.8 Å². The maximum Gasteiger partial charge on any atom is 0.253 e. The Morgan fingerprint density at radius 3 is 2.30 bits per heavy atom. The second-order valence-corrected chi connectivity index (χ2v) is 12.1. The lowest BCUT2D eigenvalue weighted by Gasteiger charge is -2.38. The minimum absolute atomic E-state index is 0.205. The Bertz CT molecular complexity index is 1140. The van der Waals surface area contributed by atoms with Crippen LogP contribution in [0.15, 0.2) is 49.6 Å². The van der Waals surface area contributed by atoms with Gasteiger partial charge in [-0.3, -0.25) is 14.4 Å². The summed E-state index contributed by atoms with van der Waals surface area (Å²) in [6.45, 7) is 15.5. The van der Waals surface area contributed by atoms with Crippen molar-refractivity contribution in [3.05, 3.63) is 49.6 Å². The van der Waals surface area contributed by atoms with E-state index in [2.05, 4.69) is 47.8 Å². The third-order valence-corrected chi connectivity index (χ3v) is 9.48. The van der Waals surface area contributed by atoms with E-state index in [0.717, 1.165) is 18.8 Å². The van der Waals surface area contributed by atoms with E-state index in [1.165, 1.54) is 4.90 Å². The predicted octanol–water partition coefficient (Wildman–Crippen LogP) is 2.83. The van der Waals surface area contributed by atoms with Gasteiger partial charge in [-0.25, -0.2) is 0 Å². The first-order valence-corrected chi connectivity index (χ1v) is 14.9. The van der Waals surface area contributed by atoms with Crippen molar-refractivity contribution in [3.63, 3.8) is 0 Å². The molecule has 0 radical (unpaired) electrons. The molecule has 1 aromatic carbocycles. The van der Waals surface area contributed by atoms with Crippen molar-refractivity contribution >= 4 is 45.0 Å². The summed E-state index contributed by atoms with van der Waals surface area (Å²) in [4.78, 5) is 48.9. The summed E-state index contributed by atoms with van der Waals surface area (Å²) in [6, 6.07) is 6.11. The second-order valence-electron chi connectivity index (χ2n) is 10.9. The van der Waals surface area contributed by atoms with Crippen LogP contribution in [0, 0.1) is 11.8 Å². The quantitative estimate of drug-likeness (QED) is 0.287. The van der Waals surface area contributed by atoms with Crippen molar-refractivity contribution < 1.29 is 24.2 Å². The average molecular weight is 618 g/mol. The van der Waals surface area contributed by atoms with Gasteiger partial charge in [-0.2, -0.15) is 0 Å². The number of rotatable bonds is 12. The molecule has 7 atom stereocenters. The molecule has 9 nitrogen and oxygen atoms in total. The molecule has 0 aliphatic carbocycles. The molecule has 1 N–H and O–H groups in total. The van der Waals surface area contributed by atoms with Crippen LogP contribution < -0.4 is 9.80 Å². The number of hydrogen-bond donors (Lipinski definition) is 1. The van der Waals surface area contributed by atoms with Crippen LogP contribution in [0.3, 0.4) is 0 Å². The summed E-state index contributed by atoms with van der Waals surface area (Å²) in [7, 11) is 1.68. The Labute approximate surface area is 245 Å². The van der Waals surface area contributed by atoms with E-state index in [0.29, 0.717) is 18.7 Å². The van der Waals surface area contributed by atoms with E-state index in [-0.39, 0.29) is 35.7 Å².